The molecule has 0 saturated heterocycles. The van der Waals surface area contributed by atoms with Crippen LogP contribution in [0.25, 0.3) is 4.85 Å². The molecule has 0 N–H and O–H groups in total. The van der Waals surface area contributed by atoms with Crippen LogP contribution in [0.5, 0.6) is 0 Å². The third-order valence-electron chi connectivity index (χ3n) is 2.66. The Morgan fingerprint density at radius 1 is 1.33 bits per heavy atom. The van der Waals surface area contributed by atoms with E-state index in [9.17, 15) is 0 Å². The zero-order valence-corrected chi connectivity index (χ0v) is 10.8. The summed E-state index contributed by atoms with van der Waals surface area (Å²) < 4.78 is 0. The van der Waals surface area contributed by atoms with Crippen LogP contribution in [-0.2, 0) is 0 Å². The molecule has 0 amide bonds. The lowest BCUT2D eigenvalue weighted by atomic mass is 10.0. The molecular formula is C14H26N+. The number of hydrogen-bond donors (Lipinski definition) is 0. The fourth-order valence-electron chi connectivity index (χ4n) is 1.33. The molecular weight excluding hydrogens is 182 g/mol. The number of unbranched alkanes of at least 4 members (excludes halogenated alkanes) is 1. The molecule has 0 aromatic heterocycles. The number of hydrogen-bond acceptors (Lipinski definition) is 0. The lowest BCUT2D eigenvalue weighted by Crippen LogP contribution is -1.92. The van der Waals surface area contributed by atoms with E-state index in [-0.39, 0.29) is 0 Å². The normalized spacial score (nSPS) is 14.7. The van der Waals surface area contributed by atoms with Crippen molar-refractivity contribution in [3.05, 3.63) is 17.0 Å². The molecule has 2 atom stereocenters. The molecule has 0 radical (unpaired) electrons. The van der Waals surface area contributed by atoms with Crippen molar-refractivity contribution in [3.8, 4) is 6.07 Å². The minimum absolute atomic E-state index is 0.449. The molecule has 0 saturated carbocycles. The van der Waals surface area contributed by atoms with Crippen molar-refractivity contribution in [2.45, 2.75) is 65.8 Å². The molecule has 0 spiro atoms. The summed E-state index contributed by atoms with van der Waals surface area (Å²) in [5.74, 6) is 0.798. The highest BCUT2D eigenvalue weighted by Gasteiger charge is 2.03. The van der Waals surface area contributed by atoms with Crippen molar-refractivity contribution in [2.75, 3.05) is 0 Å². The molecule has 15 heavy (non-hydrogen) atoms. The largest absolute Gasteiger partial charge is 0.273 e. The second kappa shape index (κ2) is 9.77. The SMILES string of the molecule is CC=CCC(C)CCCC#[N+]C(C)CC. The molecule has 0 heterocycles. The van der Waals surface area contributed by atoms with E-state index in [2.05, 4.69) is 50.8 Å². The lowest BCUT2D eigenvalue weighted by Gasteiger charge is -2.04. The van der Waals surface area contributed by atoms with Gasteiger partial charge in [-0.1, -0.05) is 30.8 Å². The Morgan fingerprint density at radius 3 is 2.67 bits per heavy atom. The van der Waals surface area contributed by atoms with E-state index in [0.29, 0.717) is 6.04 Å². The average molecular weight is 208 g/mol. The molecule has 2 unspecified atom stereocenters. The fourth-order valence-corrected chi connectivity index (χ4v) is 1.33. The first-order chi connectivity index (χ1) is 7.20. The van der Waals surface area contributed by atoms with Crippen molar-refractivity contribution < 1.29 is 0 Å². The van der Waals surface area contributed by atoms with Crippen molar-refractivity contribution in [1.29, 1.82) is 0 Å². The summed E-state index contributed by atoms with van der Waals surface area (Å²) in [7, 11) is 0. The van der Waals surface area contributed by atoms with Crippen LogP contribution in [-0.4, -0.2) is 6.04 Å². The minimum atomic E-state index is 0.449. The third-order valence-corrected chi connectivity index (χ3v) is 2.66. The van der Waals surface area contributed by atoms with E-state index in [1.807, 2.05) is 0 Å². The summed E-state index contributed by atoms with van der Waals surface area (Å²) in [4.78, 5) is 4.34. The summed E-state index contributed by atoms with van der Waals surface area (Å²) in [6.07, 6.45) is 10.2. The number of rotatable bonds is 6. The lowest BCUT2D eigenvalue weighted by molar-refractivity contribution is 0.521. The maximum Gasteiger partial charge on any atom is 0.273 e. The maximum atomic E-state index is 4.34. The fraction of sp³-hybridized carbons (Fsp3) is 0.786. The van der Waals surface area contributed by atoms with Crippen molar-refractivity contribution >= 4 is 0 Å². The van der Waals surface area contributed by atoms with E-state index in [4.69, 9.17) is 0 Å². The monoisotopic (exact) mass is 208 g/mol. The average Bonchev–Trinajstić information content (AvgIpc) is 2.25. The van der Waals surface area contributed by atoms with Crippen LogP contribution in [0.1, 0.15) is 59.8 Å². The Balaban J connectivity index is 3.47. The Morgan fingerprint density at radius 2 is 2.07 bits per heavy atom. The number of nitrogens with zero attached hydrogens (tertiary/aromatic N) is 1. The predicted molar refractivity (Wildman–Crippen MR) is 69.4 cm³/mol. The van der Waals surface area contributed by atoms with Crippen LogP contribution >= 0.6 is 0 Å². The highest BCUT2D eigenvalue weighted by molar-refractivity contribution is 4.90. The van der Waals surface area contributed by atoms with Gasteiger partial charge in [0.15, 0.2) is 0 Å². The second-order valence-electron chi connectivity index (χ2n) is 4.35. The van der Waals surface area contributed by atoms with Gasteiger partial charge >= 0.3 is 0 Å². The van der Waals surface area contributed by atoms with Gasteiger partial charge in [0.1, 0.15) is 0 Å². The van der Waals surface area contributed by atoms with E-state index in [1.165, 1.54) is 19.3 Å². The molecule has 1 nitrogen and oxygen atoms in total. The van der Waals surface area contributed by atoms with Gasteiger partial charge in [0, 0.05) is 13.3 Å². The van der Waals surface area contributed by atoms with Crippen molar-refractivity contribution in [3.63, 3.8) is 0 Å². The van der Waals surface area contributed by atoms with Gasteiger partial charge in [-0.25, -0.2) is 0 Å². The second-order valence-corrected chi connectivity index (χ2v) is 4.35. The van der Waals surface area contributed by atoms with Crippen LogP contribution in [0.2, 0.25) is 0 Å². The topological polar surface area (TPSA) is 4.36 Å². The first-order valence-corrected chi connectivity index (χ1v) is 6.24. The van der Waals surface area contributed by atoms with E-state index in [1.54, 1.807) is 0 Å². The van der Waals surface area contributed by atoms with E-state index in [0.717, 1.165) is 18.8 Å². The molecule has 0 fully saturated rings. The summed E-state index contributed by atoms with van der Waals surface area (Å²) in [6, 6.07) is 3.60. The number of allylic oxidation sites excluding steroid dienone is 2. The van der Waals surface area contributed by atoms with Crippen molar-refractivity contribution in [1.82, 2.24) is 0 Å². The van der Waals surface area contributed by atoms with Gasteiger partial charge in [-0.3, -0.25) is 0 Å². The first-order valence-electron chi connectivity index (χ1n) is 6.24. The summed E-state index contributed by atoms with van der Waals surface area (Å²) in [5, 5.41) is 0. The van der Waals surface area contributed by atoms with E-state index >= 15 is 0 Å². The van der Waals surface area contributed by atoms with Crippen LogP contribution in [0.3, 0.4) is 0 Å². The van der Waals surface area contributed by atoms with Gasteiger partial charge < -0.3 is 0 Å². The Labute approximate surface area is 95.4 Å². The molecule has 1 heteroatoms. The Bertz CT molecular complexity index is 219. The molecule has 0 bridgehead atoms. The highest BCUT2D eigenvalue weighted by atomic mass is 14.7. The zero-order chi connectivity index (χ0) is 11.5. The van der Waals surface area contributed by atoms with E-state index < -0.39 is 0 Å². The van der Waals surface area contributed by atoms with Gasteiger partial charge in [0.25, 0.3) is 12.1 Å². The Hall–Kier alpha value is -0.770. The summed E-state index contributed by atoms with van der Waals surface area (Å²) in [5.41, 5.74) is 0. The van der Waals surface area contributed by atoms with Crippen LogP contribution < -0.4 is 0 Å². The van der Waals surface area contributed by atoms with Gasteiger partial charge in [-0.05, 0) is 32.1 Å². The third kappa shape index (κ3) is 9.53. The minimum Gasteiger partial charge on any atom is -0.0917 e. The predicted octanol–water partition coefficient (Wildman–Crippen LogP) is 4.89. The molecule has 0 aliphatic carbocycles. The van der Waals surface area contributed by atoms with Crippen molar-refractivity contribution in [2.24, 2.45) is 5.92 Å². The molecule has 86 valence electrons. The standard InChI is InChI=1S/C14H26N/c1-5-7-10-13(3)11-8-9-12-15-14(4)6-2/h5,7,13-14H,6,8-11H2,1-4H3/q+1. The zero-order valence-electron chi connectivity index (χ0n) is 10.8. The summed E-state index contributed by atoms with van der Waals surface area (Å²) >= 11 is 0. The van der Waals surface area contributed by atoms with Gasteiger partial charge in [-0.2, -0.15) is 0 Å². The maximum absolute atomic E-state index is 4.34. The molecule has 0 aliphatic heterocycles. The van der Waals surface area contributed by atoms with Crippen LogP contribution in [0.15, 0.2) is 12.2 Å². The van der Waals surface area contributed by atoms with Crippen LogP contribution in [0.4, 0.5) is 0 Å². The van der Waals surface area contributed by atoms with Gasteiger partial charge in [0.2, 0.25) is 0 Å². The first kappa shape index (κ1) is 14.2. The summed E-state index contributed by atoms with van der Waals surface area (Å²) in [6.45, 7) is 8.70. The molecule has 0 aliphatic rings. The molecule has 0 aromatic carbocycles. The van der Waals surface area contributed by atoms with Gasteiger partial charge in [-0.15, -0.1) is 0 Å². The molecule has 0 rings (SSSR count). The quantitative estimate of drug-likeness (QED) is 0.432. The van der Waals surface area contributed by atoms with Gasteiger partial charge in [0.05, 0.1) is 6.42 Å². The molecule has 0 aromatic rings. The Kier molecular flexibility index (Phi) is 9.27. The highest BCUT2D eigenvalue weighted by Crippen LogP contribution is 2.12. The van der Waals surface area contributed by atoms with Crippen LogP contribution in [0, 0.1) is 12.0 Å². The smallest absolute Gasteiger partial charge is 0.0917 e.